The fourth-order valence-corrected chi connectivity index (χ4v) is 2.25. The van der Waals surface area contributed by atoms with E-state index >= 15 is 0 Å². The van der Waals surface area contributed by atoms with Gasteiger partial charge in [0.2, 0.25) is 5.91 Å². The van der Waals surface area contributed by atoms with Crippen LogP contribution < -0.4 is 5.73 Å². The third-order valence-electron chi connectivity index (χ3n) is 3.36. The molecular weight excluding hydrogens is 208 g/mol. The number of hydrogen-bond acceptors (Lipinski definition) is 3. The molecular formula is C11H20N2O3. The summed E-state index contributed by atoms with van der Waals surface area (Å²) in [4.78, 5) is 24.6. The summed E-state index contributed by atoms with van der Waals surface area (Å²) in [6.45, 7) is 4.58. The molecule has 3 N–H and O–H groups in total. The van der Waals surface area contributed by atoms with Crippen molar-refractivity contribution in [3.63, 3.8) is 0 Å². The van der Waals surface area contributed by atoms with Crippen LogP contribution in [0.3, 0.4) is 0 Å². The summed E-state index contributed by atoms with van der Waals surface area (Å²) in [7, 11) is 0. The lowest BCUT2D eigenvalue weighted by molar-refractivity contribution is -0.151. The summed E-state index contributed by atoms with van der Waals surface area (Å²) in [6.07, 6.45) is 1.41. The zero-order chi connectivity index (χ0) is 12.3. The van der Waals surface area contributed by atoms with Gasteiger partial charge in [-0.3, -0.25) is 4.79 Å². The van der Waals surface area contributed by atoms with Gasteiger partial charge in [-0.2, -0.15) is 0 Å². The van der Waals surface area contributed by atoms with Gasteiger partial charge in [0.25, 0.3) is 0 Å². The van der Waals surface area contributed by atoms with Gasteiger partial charge in [0, 0.05) is 13.1 Å². The van der Waals surface area contributed by atoms with E-state index in [2.05, 4.69) is 0 Å². The van der Waals surface area contributed by atoms with E-state index in [1.807, 2.05) is 13.8 Å². The van der Waals surface area contributed by atoms with Crippen LogP contribution in [0.5, 0.6) is 0 Å². The fourth-order valence-electron chi connectivity index (χ4n) is 2.25. The SMILES string of the molecule is CCC(CN)C(=O)N1CCC(C)C1C(=O)O. The van der Waals surface area contributed by atoms with Crippen molar-refractivity contribution in [2.45, 2.75) is 32.7 Å². The number of carboxylic acids is 1. The standard InChI is InChI=1S/C11H20N2O3/c1-3-8(6-12)10(14)13-5-4-7(2)9(13)11(15)16/h7-9H,3-6,12H2,1-2H3,(H,15,16). The number of aliphatic carboxylic acids is 1. The molecule has 1 aliphatic heterocycles. The number of nitrogens with two attached hydrogens (primary N) is 1. The molecule has 1 saturated heterocycles. The number of likely N-dealkylation sites (tertiary alicyclic amines) is 1. The van der Waals surface area contributed by atoms with Crippen molar-refractivity contribution in [3.8, 4) is 0 Å². The number of amides is 1. The first-order valence-electron chi connectivity index (χ1n) is 5.76. The molecule has 5 heteroatoms. The summed E-state index contributed by atoms with van der Waals surface area (Å²) >= 11 is 0. The molecule has 16 heavy (non-hydrogen) atoms. The molecule has 1 aliphatic rings. The van der Waals surface area contributed by atoms with Crippen molar-refractivity contribution in [2.24, 2.45) is 17.6 Å². The minimum Gasteiger partial charge on any atom is -0.480 e. The summed E-state index contributed by atoms with van der Waals surface area (Å²) in [6, 6.07) is -0.673. The Morgan fingerprint density at radius 2 is 2.19 bits per heavy atom. The molecule has 0 bridgehead atoms. The highest BCUT2D eigenvalue weighted by Crippen LogP contribution is 2.26. The summed E-state index contributed by atoms with van der Waals surface area (Å²) in [5, 5.41) is 9.11. The van der Waals surface area contributed by atoms with E-state index in [1.54, 1.807) is 0 Å². The van der Waals surface area contributed by atoms with Crippen LogP contribution in [0.4, 0.5) is 0 Å². The maximum absolute atomic E-state index is 12.1. The Morgan fingerprint density at radius 1 is 1.56 bits per heavy atom. The summed E-state index contributed by atoms with van der Waals surface area (Å²) in [5.41, 5.74) is 5.51. The normalized spacial score (nSPS) is 26.8. The second-order valence-electron chi connectivity index (χ2n) is 4.42. The smallest absolute Gasteiger partial charge is 0.326 e. The molecule has 92 valence electrons. The van der Waals surface area contributed by atoms with Crippen LogP contribution in [0, 0.1) is 11.8 Å². The van der Waals surface area contributed by atoms with Crippen molar-refractivity contribution < 1.29 is 14.7 Å². The molecule has 5 nitrogen and oxygen atoms in total. The number of carbonyl (C=O) groups is 2. The molecule has 1 rings (SSSR count). The Hall–Kier alpha value is -1.10. The maximum Gasteiger partial charge on any atom is 0.326 e. The van der Waals surface area contributed by atoms with E-state index in [9.17, 15) is 9.59 Å². The molecule has 3 unspecified atom stereocenters. The molecule has 0 spiro atoms. The molecule has 0 aromatic heterocycles. The Balaban J connectivity index is 2.79. The van der Waals surface area contributed by atoms with Crippen molar-refractivity contribution in [2.75, 3.05) is 13.1 Å². The zero-order valence-electron chi connectivity index (χ0n) is 9.85. The number of nitrogens with zero attached hydrogens (tertiary/aromatic N) is 1. The van der Waals surface area contributed by atoms with Gasteiger partial charge in [0.1, 0.15) is 6.04 Å². The third-order valence-corrected chi connectivity index (χ3v) is 3.36. The van der Waals surface area contributed by atoms with Crippen LogP contribution >= 0.6 is 0 Å². The van der Waals surface area contributed by atoms with Gasteiger partial charge in [0.05, 0.1) is 5.92 Å². The van der Waals surface area contributed by atoms with E-state index in [4.69, 9.17) is 10.8 Å². The molecule has 0 saturated carbocycles. The lowest BCUT2D eigenvalue weighted by Gasteiger charge is -2.26. The van der Waals surface area contributed by atoms with Gasteiger partial charge >= 0.3 is 5.97 Å². The van der Waals surface area contributed by atoms with Crippen molar-refractivity contribution in [3.05, 3.63) is 0 Å². The average molecular weight is 228 g/mol. The first-order chi connectivity index (χ1) is 7.52. The second kappa shape index (κ2) is 5.30. The Labute approximate surface area is 95.6 Å². The third kappa shape index (κ3) is 2.35. The Bertz CT molecular complexity index is 276. The minimum absolute atomic E-state index is 0.0248. The van der Waals surface area contributed by atoms with E-state index in [1.165, 1.54) is 4.90 Å². The van der Waals surface area contributed by atoms with Gasteiger partial charge in [-0.15, -0.1) is 0 Å². The molecule has 3 atom stereocenters. The van der Waals surface area contributed by atoms with Crippen LogP contribution in [0.15, 0.2) is 0 Å². The van der Waals surface area contributed by atoms with Crippen LogP contribution in [0.25, 0.3) is 0 Å². The van der Waals surface area contributed by atoms with E-state index < -0.39 is 12.0 Å². The lowest BCUT2D eigenvalue weighted by atomic mass is 10.0. The second-order valence-corrected chi connectivity index (χ2v) is 4.42. The van der Waals surface area contributed by atoms with Gasteiger partial charge in [-0.1, -0.05) is 13.8 Å². The van der Waals surface area contributed by atoms with Gasteiger partial charge in [0.15, 0.2) is 0 Å². The predicted molar refractivity (Wildman–Crippen MR) is 59.8 cm³/mol. The first kappa shape index (κ1) is 13.0. The van der Waals surface area contributed by atoms with Crippen LogP contribution in [-0.2, 0) is 9.59 Å². The van der Waals surface area contributed by atoms with Crippen molar-refractivity contribution in [1.29, 1.82) is 0 Å². The van der Waals surface area contributed by atoms with E-state index in [0.29, 0.717) is 13.0 Å². The average Bonchev–Trinajstić information content (AvgIpc) is 2.61. The quantitative estimate of drug-likeness (QED) is 0.724. The molecule has 1 fully saturated rings. The zero-order valence-corrected chi connectivity index (χ0v) is 9.85. The first-order valence-corrected chi connectivity index (χ1v) is 5.76. The highest BCUT2D eigenvalue weighted by Gasteiger charge is 2.40. The summed E-state index contributed by atoms with van der Waals surface area (Å²) in [5.74, 6) is -1.24. The van der Waals surface area contributed by atoms with Crippen LogP contribution in [-0.4, -0.2) is 41.0 Å². The number of rotatable bonds is 4. The maximum atomic E-state index is 12.1. The highest BCUT2D eigenvalue weighted by molar-refractivity contribution is 5.86. The summed E-state index contributed by atoms with van der Waals surface area (Å²) < 4.78 is 0. The minimum atomic E-state index is -0.912. The van der Waals surface area contributed by atoms with Crippen LogP contribution in [0.2, 0.25) is 0 Å². The molecule has 1 amide bonds. The van der Waals surface area contributed by atoms with E-state index in [0.717, 1.165) is 6.42 Å². The topological polar surface area (TPSA) is 83.6 Å². The van der Waals surface area contributed by atoms with Crippen LogP contribution in [0.1, 0.15) is 26.7 Å². The van der Waals surface area contributed by atoms with Crippen molar-refractivity contribution >= 4 is 11.9 Å². The Kier molecular flexibility index (Phi) is 4.29. The van der Waals surface area contributed by atoms with Gasteiger partial charge in [-0.25, -0.2) is 4.79 Å². The Morgan fingerprint density at radius 3 is 2.62 bits per heavy atom. The fraction of sp³-hybridized carbons (Fsp3) is 0.818. The van der Waals surface area contributed by atoms with Crippen molar-refractivity contribution in [1.82, 2.24) is 4.90 Å². The molecule has 0 aromatic carbocycles. The number of hydrogen-bond donors (Lipinski definition) is 2. The monoisotopic (exact) mass is 228 g/mol. The largest absolute Gasteiger partial charge is 0.480 e. The predicted octanol–water partition coefficient (Wildman–Crippen LogP) is 0.293. The van der Waals surface area contributed by atoms with E-state index in [-0.39, 0.29) is 24.3 Å². The molecule has 1 heterocycles. The number of carboxylic acid groups (broad SMARTS) is 1. The number of carbonyl (C=O) groups excluding carboxylic acids is 1. The highest BCUT2D eigenvalue weighted by atomic mass is 16.4. The molecule has 0 aliphatic carbocycles. The molecule has 0 aromatic rings. The molecule has 0 radical (unpaired) electrons. The lowest BCUT2D eigenvalue weighted by Crippen LogP contribution is -2.46. The van der Waals surface area contributed by atoms with Gasteiger partial charge < -0.3 is 15.7 Å². The van der Waals surface area contributed by atoms with Gasteiger partial charge in [-0.05, 0) is 18.8 Å².